The van der Waals surface area contributed by atoms with Crippen LogP contribution in [-0.2, 0) is 4.79 Å². The second-order valence-corrected chi connectivity index (χ2v) is 6.98. The number of β-amino-alcohol motifs (C(OH)–C–C–N with tert-alkyl or cyclic N) is 1. The van der Waals surface area contributed by atoms with Crippen LogP contribution in [0.25, 0.3) is 0 Å². The highest BCUT2D eigenvalue weighted by Crippen LogP contribution is 2.23. The fourth-order valence-electron chi connectivity index (χ4n) is 3.07. The number of ether oxygens (including phenoxy) is 1. The monoisotopic (exact) mass is 318 g/mol. The van der Waals surface area contributed by atoms with Crippen LogP contribution in [0.15, 0.2) is 24.3 Å². The van der Waals surface area contributed by atoms with E-state index in [2.05, 4.69) is 5.32 Å². The SMILES string of the molecule is Cc1ccc(OC[C@@]2(O)CCN(CC(=O)NC3CCC3)C2)cc1. The summed E-state index contributed by atoms with van der Waals surface area (Å²) in [5.74, 6) is 0.837. The summed E-state index contributed by atoms with van der Waals surface area (Å²) in [7, 11) is 0. The van der Waals surface area contributed by atoms with E-state index in [1.165, 1.54) is 12.0 Å². The molecule has 1 aliphatic carbocycles. The van der Waals surface area contributed by atoms with E-state index in [0.717, 1.165) is 25.1 Å². The first-order valence-electron chi connectivity index (χ1n) is 8.46. The molecule has 1 atom stereocenters. The quantitative estimate of drug-likeness (QED) is 0.834. The number of aryl methyl sites for hydroxylation is 1. The van der Waals surface area contributed by atoms with E-state index in [-0.39, 0.29) is 12.5 Å². The summed E-state index contributed by atoms with van der Waals surface area (Å²) in [5.41, 5.74) is 0.308. The maximum atomic E-state index is 12.0. The Kier molecular flexibility index (Phi) is 4.87. The smallest absolute Gasteiger partial charge is 0.234 e. The van der Waals surface area contributed by atoms with Crippen LogP contribution < -0.4 is 10.1 Å². The van der Waals surface area contributed by atoms with Crippen LogP contribution in [0, 0.1) is 6.92 Å². The first-order valence-corrected chi connectivity index (χ1v) is 8.46. The standard InChI is InChI=1S/C18H26N2O3/c1-14-5-7-16(8-6-14)23-13-18(22)9-10-20(12-18)11-17(21)19-15-3-2-4-15/h5-8,15,22H,2-4,9-13H2,1H3,(H,19,21)/t18-/m1/s1. The molecule has 0 spiro atoms. The molecule has 1 heterocycles. The number of hydrogen-bond donors (Lipinski definition) is 2. The first kappa shape index (κ1) is 16.3. The van der Waals surface area contributed by atoms with Crippen molar-refractivity contribution in [3.05, 3.63) is 29.8 Å². The molecule has 1 saturated heterocycles. The van der Waals surface area contributed by atoms with Gasteiger partial charge in [-0.2, -0.15) is 0 Å². The van der Waals surface area contributed by atoms with Crippen molar-refractivity contribution in [2.24, 2.45) is 0 Å². The lowest BCUT2D eigenvalue weighted by Gasteiger charge is -2.28. The molecule has 2 aliphatic rings. The highest BCUT2D eigenvalue weighted by molar-refractivity contribution is 5.78. The van der Waals surface area contributed by atoms with Crippen LogP contribution in [0.4, 0.5) is 0 Å². The van der Waals surface area contributed by atoms with Crippen molar-refractivity contribution in [2.45, 2.75) is 44.2 Å². The minimum atomic E-state index is -0.873. The largest absolute Gasteiger partial charge is 0.491 e. The zero-order valence-electron chi connectivity index (χ0n) is 13.8. The number of amides is 1. The van der Waals surface area contributed by atoms with E-state index in [0.29, 0.717) is 25.6 Å². The summed E-state index contributed by atoms with van der Waals surface area (Å²) < 4.78 is 5.72. The molecule has 0 bridgehead atoms. The fraction of sp³-hybridized carbons (Fsp3) is 0.611. The van der Waals surface area contributed by atoms with Crippen LogP contribution >= 0.6 is 0 Å². The predicted molar refractivity (Wildman–Crippen MR) is 88.5 cm³/mol. The van der Waals surface area contributed by atoms with Crippen molar-refractivity contribution >= 4 is 5.91 Å². The molecule has 1 aromatic rings. The number of nitrogens with one attached hydrogen (secondary N) is 1. The van der Waals surface area contributed by atoms with Gasteiger partial charge in [0.25, 0.3) is 0 Å². The molecule has 3 rings (SSSR count). The molecule has 1 amide bonds. The van der Waals surface area contributed by atoms with Gasteiger partial charge in [-0.25, -0.2) is 0 Å². The maximum absolute atomic E-state index is 12.0. The fourth-order valence-corrected chi connectivity index (χ4v) is 3.07. The molecule has 126 valence electrons. The molecule has 2 N–H and O–H groups in total. The molecular formula is C18H26N2O3. The molecule has 2 fully saturated rings. The van der Waals surface area contributed by atoms with Crippen molar-refractivity contribution in [1.29, 1.82) is 0 Å². The third-order valence-electron chi connectivity index (χ3n) is 4.78. The molecule has 0 aromatic heterocycles. The van der Waals surface area contributed by atoms with Gasteiger partial charge in [0.2, 0.25) is 5.91 Å². The van der Waals surface area contributed by atoms with E-state index < -0.39 is 5.60 Å². The van der Waals surface area contributed by atoms with E-state index in [1.54, 1.807) is 0 Å². The van der Waals surface area contributed by atoms with Gasteiger partial charge >= 0.3 is 0 Å². The van der Waals surface area contributed by atoms with Crippen LogP contribution in [0.2, 0.25) is 0 Å². The molecule has 23 heavy (non-hydrogen) atoms. The van der Waals surface area contributed by atoms with Crippen LogP contribution in [0.5, 0.6) is 5.75 Å². The first-order chi connectivity index (χ1) is 11.0. The summed E-state index contributed by atoms with van der Waals surface area (Å²) in [4.78, 5) is 14.0. The number of carbonyl (C=O) groups is 1. The van der Waals surface area contributed by atoms with E-state index in [9.17, 15) is 9.90 Å². The number of hydrogen-bond acceptors (Lipinski definition) is 4. The van der Waals surface area contributed by atoms with Crippen molar-refractivity contribution in [2.75, 3.05) is 26.2 Å². The van der Waals surface area contributed by atoms with Gasteiger partial charge in [0.05, 0.1) is 6.54 Å². The van der Waals surface area contributed by atoms with Crippen LogP contribution in [-0.4, -0.2) is 53.8 Å². The lowest BCUT2D eigenvalue weighted by Crippen LogP contribution is -2.46. The van der Waals surface area contributed by atoms with Crippen molar-refractivity contribution in [3.63, 3.8) is 0 Å². The third-order valence-corrected chi connectivity index (χ3v) is 4.78. The highest BCUT2D eigenvalue weighted by atomic mass is 16.5. The topological polar surface area (TPSA) is 61.8 Å². The summed E-state index contributed by atoms with van der Waals surface area (Å²) in [5, 5.41) is 13.7. The summed E-state index contributed by atoms with van der Waals surface area (Å²) in [6.45, 7) is 3.86. The van der Waals surface area contributed by atoms with E-state index in [4.69, 9.17) is 4.74 Å². The van der Waals surface area contributed by atoms with E-state index >= 15 is 0 Å². The Morgan fingerprint density at radius 3 is 2.78 bits per heavy atom. The second-order valence-electron chi connectivity index (χ2n) is 6.98. The van der Waals surface area contributed by atoms with Gasteiger partial charge in [-0.1, -0.05) is 17.7 Å². The Morgan fingerprint density at radius 2 is 2.13 bits per heavy atom. The zero-order chi connectivity index (χ0) is 16.3. The predicted octanol–water partition coefficient (Wildman–Crippen LogP) is 1.48. The van der Waals surface area contributed by atoms with Gasteiger partial charge in [-0.3, -0.25) is 9.69 Å². The van der Waals surface area contributed by atoms with Crippen LogP contribution in [0.3, 0.4) is 0 Å². The molecule has 1 aromatic carbocycles. The average Bonchev–Trinajstić information content (AvgIpc) is 2.84. The van der Waals surface area contributed by atoms with Gasteiger partial charge in [-0.15, -0.1) is 0 Å². The number of carbonyl (C=O) groups excluding carboxylic acids is 1. The molecule has 1 saturated carbocycles. The number of nitrogens with zero attached hydrogens (tertiary/aromatic N) is 1. The molecule has 5 nitrogen and oxygen atoms in total. The van der Waals surface area contributed by atoms with Crippen molar-refractivity contribution in [3.8, 4) is 5.75 Å². The number of aliphatic hydroxyl groups is 1. The van der Waals surface area contributed by atoms with Crippen molar-refractivity contribution in [1.82, 2.24) is 10.2 Å². The molecular weight excluding hydrogens is 292 g/mol. The lowest BCUT2D eigenvalue weighted by atomic mass is 9.93. The molecule has 1 aliphatic heterocycles. The summed E-state index contributed by atoms with van der Waals surface area (Å²) >= 11 is 0. The zero-order valence-corrected chi connectivity index (χ0v) is 13.8. The Hall–Kier alpha value is -1.59. The Bertz CT molecular complexity index is 542. The molecule has 0 unspecified atom stereocenters. The Labute approximate surface area is 137 Å². The van der Waals surface area contributed by atoms with Gasteiger partial charge in [0.15, 0.2) is 0 Å². The third kappa shape index (κ3) is 4.45. The number of benzene rings is 1. The lowest BCUT2D eigenvalue weighted by molar-refractivity contribution is -0.123. The number of rotatable bonds is 6. The van der Waals surface area contributed by atoms with Gasteiger partial charge in [0, 0.05) is 19.1 Å². The minimum Gasteiger partial charge on any atom is -0.491 e. The molecule has 5 heteroatoms. The minimum absolute atomic E-state index is 0.0680. The normalized spacial score (nSPS) is 25.1. The van der Waals surface area contributed by atoms with E-state index in [1.807, 2.05) is 36.1 Å². The van der Waals surface area contributed by atoms with Crippen LogP contribution in [0.1, 0.15) is 31.2 Å². The summed E-state index contributed by atoms with van der Waals surface area (Å²) in [6, 6.07) is 8.18. The number of likely N-dealkylation sites (tertiary alicyclic amines) is 1. The van der Waals surface area contributed by atoms with Gasteiger partial charge < -0.3 is 15.2 Å². The Balaban J connectivity index is 1.43. The molecule has 0 radical (unpaired) electrons. The highest BCUT2D eigenvalue weighted by Gasteiger charge is 2.37. The van der Waals surface area contributed by atoms with Gasteiger partial charge in [-0.05, 0) is 44.7 Å². The van der Waals surface area contributed by atoms with Crippen molar-refractivity contribution < 1.29 is 14.6 Å². The Morgan fingerprint density at radius 1 is 1.39 bits per heavy atom. The maximum Gasteiger partial charge on any atom is 0.234 e. The van der Waals surface area contributed by atoms with Gasteiger partial charge in [0.1, 0.15) is 18.0 Å². The second kappa shape index (κ2) is 6.89. The average molecular weight is 318 g/mol. The summed E-state index contributed by atoms with van der Waals surface area (Å²) in [6.07, 6.45) is 4.04.